The smallest absolute Gasteiger partial charge is 0.257 e. The van der Waals surface area contributed by atoms with Crippen molar-refractivity contribution in [2.75, 3.05) is 45.6 Å². The second-order valence-electron chi connectivity index (χ2n) is 10.1. The van der Waals surface area contributed by atoms with Gasteiger partial charge in [-0.25, -0.2) is 4.98 Å². The van der Waals surface area contributed by atoms with Crippen molar-refractivity contribution in [2.24, 2.45) is 0 Å². The molecule has 1 N–H and O–H groups in total. The van der Waals surface area contributed by atoms with Crippen molar-refractivity contribution in [3.8, 4) is 0 Å². The number of amides is 3. The first-order valence-corrected chi connectivity index (χ1v) is 14.8. The van der Waals surface area contributed by atoms with Crippen molar-refractivity contribution < 1.29 is 14.4 Å². The fourth-order valence-corrected chi connectivity index (χ4v) is 6.57. The number of benzene rings is 2. The lowest BCUT2D eigenvalue weighted by molar-refractivity contribution is -0.125. The van der Waals surface area contributed by atoms with Gasteiger partial charge in [0, 0.05) is 48.7 Å². The lowest BCUT2D eigenvalue weighted by atomic mass is 10.0. The molecule has 0 radical (unpaired) electrons. The lowest BCUT2D eigenvalue weighted by Crippen LogP contribution is -2.37. The highest BCUT2D eigenvalue weighted by Gasteiger charge is 2.24. The molecule has 40 heavy (non-hydrogen) atoms. The van der Waals surface area contributed by atoms with Crippen LogP contribution < -0.4 is 5.32 Å². The van der Waals surface area contributed by atoms with Crippen LogP contribution in [0.4, 0.5) is 5.13 Å². The number of aromatic nitrogens is 1. The monoisotopic (exact) mass is 577 g/mol. The van der Waals surface area contributed by atoms with E-state index in [-0.39, 0.29) is 17.7 Å². The Kier molecular flexibility index (Phi) is 9.78. The minimum Gasteiger partial charge on any atom is -0.337 e. The zero-order chi connectivity index (χ0) is 28.8. The summed E-state index contributed by atoms with van der Waals surface area (Å²) in [6.45, 7) is 10.5. The molecule has 1 saturated heterocycles. The van der Waals surface area contributed by atoms with Gasteiger partial charge >= 0.3 is 0 Å². The molecule has 210 valence electrons. The SMILES string of the molecule is C=CC(=O)N1CCCN(C(=O)c2cc(Sc3cnc(NC(=O)c4cccc(CN(C)C)c4)s3)c(C)cc2C)CC1. The van der Waals surface area contributed by atoms with Gasteiger partial charge in [0.15, 0.2) is 5.13 Å². The summed E-state index contributed by atoms with van der Waals surface area (Å²) in [6.07, 6.45) is 3.80. The Bertz CT molecular complexity index is 1420. The number of hydrogen-bond acceptors (Lipinski definition) is 7. The van der Waals surface area contributed by atoms with Crippen LogP contribution in [0.25, 0.3) is 0 Å². The van der Waals surface area contributed by atoms with Gasteiger partial charge in [0.1, 0.15) is 0 Å². The number of anilines is 1. The Balaban J connectivity index is 1.44. The number of rotatable bonds is 8. The minimum absolute atomic E-state index is 0.0268. The quantitative estimate of drug-likeness (QED) is 0.376. The molecule has 0 aliphatic carbocycles. The maximum Gasteiger partial charge on any atom is 0.257 e. The van der Waals surface area contributed by atoms with Crippen LogP contribution in [0.5, 0.6) is 0 Å². The molecular weight excluding hydrogens is 542 g/mol. The third-order valence-corrected chi connectivity index (χ3v) is 8.80. The number of carbonyl (C=O) groups excluding carboxylic acids is 3. The average molecular weight is 578 g/mol. The van der Waals surface area contributed by atoms with Crippen LogP contribution in [0.15, 0.2) is 64.4 Å². The van der Waals surface area contributed by atoms with E-state index in [0.29, 0.717) is 42.4 Å². The predicted molar refractivity (Wildman–Crippen MR) is 161 cm³/mol. The van der Waals surface area contributed by atoms with E-state index >= 15 is 0 Å². The summed E-state index contributed by atoms with van der Waals surface area (Å²) in [4.78, 5) is 49.4. The van der Waals surface area contributed by atoms with Gasteiger partial charge in [-0.2, -0.15) is 0 Å². The molecular formula is C30H35N5O3S2. The molecule has 0 spiro atoms. The average Bonchev–Trinajstić information content (AvgIpc) is 3.20. The van der Waals surface area contributed by atoms with Crippen molar-refractivity contribution in [3.05, 3.63) is 83.1 Å². The largest absolute Gasteiger partial charge is 0.337 e. The van der Waals surface area contributed by atoms with Crippen molar-refractivity contribution in [3.63, 3.8) is 0 Å². The van der Waals surface area contributed by atoms with Crippen LogP contribution in [0.1, 0.15) is 43.8 Å². The Morgan fingerprint density at radius 2 is 1.82 bits per heavy atom. The van der Waals surface area contributed by atoms with Crippen LogP contribution in [-0.2, 0) is 11.3 Å². The first-order chi connectivity index (χ1) is 19.1. The minimum atomic E-state index is -0.197. The summed E-state index contributed by atoms with van der Waals surface area (Å²) in [5.41, 5.74) is 4.30. The molecule has 2 heterocycles. The Hall–Kier alpha value is -3.47. The molecule has 0 bridgehead atoms. The maximum atomic E-state index is 13.5. The predicted octanol–water partition coefficient (Wildman–Crippen LogP) is 5.09. The van der Waals surface area contributed by atoms with Gasteiger partial charge in [0.25, 0.3) is 11.8 Å². The van der Waals surface area contributed by atoms with Crippen molar-refractivity contribution in [1.29, 1.82) is 0 Å². The molecule has 0 atom stereocenters. The number of aryl methyl sites for hydroxylation is 2. The Morgan fingerprint density at radius 1 is 1.07 bits per heavy atom. The zero-order valence-corrected chi connectivity index (χ0v) is 25.0. The van der Waals surface area contributed by atoms with Gasteiger partial charge in [0.2, 0.25) is 5.91 Å². The summed E-state index contributed by atoms with van der Waals surface area (Å²) >= 11 is 2.93. The topological polar surface area (TPSA) is 85.9 Å². The first-order valence-electron chi connectivity index (χ1n) is 13.1. The molecule has 0 unspecified atom stereocenters. The van der Waals surface area contributed by atoms with E-state index in [1.165, 1.54) is 29.2 Å². The summed E-state index contributed by atoms with van der Waals surface area (Å²) in [5, 5.41) is 3.43. The van der Waals surface area contributed by atoms with E-state index in [2.05, 4.69) is 21.8 Å². The molecule has 8 nitrogen and oxygen atoms in total. The molecule has 1 fully saturated rings. The molecule has 3 amide bonds. The third kappa shape index (κ3) is 7.38. The van der Waals surface area contributed by atoms with Gasteiger partial charge in [0.05, 0.1) is 10.4 Å². The molecule has 1 aliphatic rings. The van der Waals surface area contributed by atoms with Crippen LogP contribution in [0, 0.1) is 13.8 Å². The fraction of sp³-hybridized carbons (Fsp3) is 0.333. The van der Waals surface area contributed by atoms with E-state index in [1.54, 1.807) is 17.2 Å². The molecule has 3 aromatic rings. The van der Waals surface area contributed by atoms with E-state index < -0.39 is 0 Å². The van der Waals surface area contributed by atoms with E-state index in [9.17, 15) is 14.4 Å². The van der Waals surface area contributed by atoms with Crippen molar-refractivity contribution >= 4 is 46.0 Å². The highest BCUT2D eigenvalue weighted by Crippen LogP contribution is 2.37. The van der Waals surface area contributed by atoms with Gasteiger partial charge < -0.3 is 14.7 Å². The number of hydrogen-bond donors (Lipinski definition) is 1. The van der Waals surface area contributed by atoms with Gasteiger partial charge in [-0.3, -0.25) is 19.7 Å². The second kappa shape index (κ2) is 13.3. The zero-order valence-electron chi connectivity index (χ0n) is 23.4. The summed E-state index contributed by atoms with van der Waals surface area (Å²) in [5.74, 6) is -0.324. The Labute approximate surface area is 244 Å². The highest BCUT2D eigenvalue weighted by atomic mass is 32.2. The van der Waals surface area contributed by atoms with Crippen LogP contribution in [0.3, 0.4) is 0 Å². The normalized spacial score (nSPS) is 13.7. The fourth-order valence-electron chi connectivity index (χ4n) is 4.63. The second-order valence-corrected chi connectivity index (χ2v) is 12.5. The van der Waals surface area contributed by atoms with Crippen molar-refractivity contribution in [1.82, 2.24) is 19.7 Å². The van der Waals surface area contributed by atoms with E-state index in [1.807, 2.05) is 63.2 Å². The third-order valence-electron chi connectivity index (χ3n) is 6.63. The van der Waals surface area contributed by atoms with Gasteiger partial charge in [-0.15, -0.1) is 0 Å². The summed E-state index contributed by atoms with van der Waals surface area (Å²) < 4.78 is 0.912. The summed E-state index contributed by atoms with van der Waals surface area (Å²) in [6, 6.07) is 11.6. The molecule has 10 heteroatoms. The number of nitrogens with one attached hydrogen (secondary N) is 1. The van der Waals surface area contributed by atoms with Crippen LogP contribution in [0.2, 0.25) is 0 Å². The van der Waals surface area contributed by atoms with Crippen LogP contribution >= 0.6 is 23.1 Å². The Morgan fingerprint density at radius 3 is 2.58 bits per heavy atom. The molecule has 1 aromatic heterocycles. The van der Waals surface area contributed by atoms with E-state index in [0.717, 1.165) is 38.8 Å². The van der Waals surface area contributed by atoms with E-state index in [4.69, 9.17) is 0 Å². The van der Waals surface area contributed by atoms with Gasteiger partial charge in [-0.05, 0) is 75.3 Å². The molecule has 4 rings (SSSR count). The number of carbonyl (C=O) groups is 3. The number of nitrogens with zero attached hydrogens (tertiary/aromatic N) is 4. The first kappa shape index (κ1) is 29.5. The molecule has 2 aromatic carbocycles. The lowest BCUT2D eigenvalue weighted by Gasteiger charge is -2.23. The standard InChI is InChI=1S/C30H35N5O3S2/c1-6-26(36)34-11-8-12-35(14-13-34)29(38)24-17-25(21(3)15-20(24)2)39-27-18-31-30(40-27)32-28(37)23-10-7-9-22(16-23)19-33(4)5/h6-7,9-10,15-18H,1,8,11-14,19H2,2-5H3,(H,31,32,37). The molecule has 1 aliphatic heterocycles. The molecule has 0 saturated carbocycles. The summed E-state index contributed by atoms with van der Waals surface area (Å²) in [7, 11) is 3.98. The van der Waals surface area contributed by atoms with Crippen molar-refractivity contribution in [2.45, 2.75) is 35.9 Å². The van der Waals surface area contributed by atoms with Crippen LogP contribution in [-0.4, -0.2) is 77.7 Å². The number of thiazole rings is 1. The maximum absolute atomic E-state index is 13.5. The van der Waals surface area contributed by atoms with Gasteiger partial charge in [-0.1, -0.05) is 47.9 Å². The highest BCUT2D eigenvalue weighted by molar-refractivity contribution is 8.01.